The minimum absolute atomic E-state index is 0.478. The van der Waals surface area contributed by atoms with Gasteiger partial charge in [-0.1, -0.05) is 24.1 Å². The molecule has 1 aromatic heterocycles. The van der Waals surface area contributed by atoms with Gasteiger partial charge in [0.25, 0.3) is 0 Å². The molecule has 4 heterocycles. The van der Waals surface area contributed by atoms with Crippen LogP contribution >= 0.6 is 12.2 Å². The van der Waals surface area contributed by atoms with Gasteiger partial charge in [-0.2, -0.15) is 0 Å². The third-order valence-corrected chi connectivity index (χ3v) is 8.14. The first-order valence-electron chi connectivity index (χ1n) is 11.6. The van der Waals surface area contributed by atoms with Gasteiger partial charge in [0.1, 0.15) is 0 Å². The molecule has 156 valence electrons. The van der Waals surface area contributed by atoms with Crippen molar-refractivity contribution in [1.29, 1.82) is 0 Å². The van der Waals surface area contributed by atoms with Crippen molar-refractivity contribution in [3.05, 3.63) is 48.2 Å². The van der Waals surface area contributed by atoms with E-state index >= 15 is 0 Å². The second-order valence-corrected chi connectivity index (χ2v) is 9.89. The van der Waals surface area contributed by atoms with Gasteiger partial charge in [-0.25, -0.2) is 0 Å². The van der Waals surface area contributed by atoms with E-state index in [9.17, 15) is 0 Å². The zero-order valence-corrected chi connectivity index (χ0v) is 18.3. The quantitative estimate of drug-likeness (QED) is 0.530. The van der Waals surface area contributed by atoms with Crippen LogP contribution in [0.15, 0.2) is 48.2 Å². The molecule has 6 rings (SSSR count). The second kappa shape index (κ2) is 7.61. The lowest BCUT2D eigenvalue weighted by Crippen LogP contribution is -2.60. The smallest absolute Gasteiger partial charge is 0.173 e. The van der Waals surface area contributed by atoms with Crippen LogP contribution in [-0.4, -0.2) is 51.6 Å². The summed E-state index contributed by atoms with van der Waals surface area (Å²) >= 11 is 6.00. The lowest BCUT2D eigenvalue weighted by atomic mass is 9.68. The Bertz CT molecular complexity index is 996. The van der Waals surface area contributed by atoms with Crippen LogP contribution in [-0.2, 0) is 0 Å². The molecule has 3 aliphatic heterocycles. The normalized spacial score (nSPS) is 30.9. The molecule has 0 amide bonds. The molecule has 1 aromatic carbocycles. The molecule has 3 saturated heterocycles. The molecule has 0 radical (unpaired) electrons. The predicted octanol–water partition coefficient (Wildman–Crippen LogP) is 4.83. The van der Waals surface area contributed by atoms with Crippen molar-refractivity contribution in [1.82, 2.24) is 14.8 Å². The SMILES string of the molecule is S=C(Nc1cccc2ncccc12)N1CCCC2=CC3CC(CN4CCCC[C@H]34)[C@@H]21. The van der Waals surface area contributed by atoms with Gasteiger partial charge < -0.3 is 10.2 Å². The Morgan fingerprint density at radius 2 is 2.07 bits per heavy atom. The molecule has 5 heteroatoms. The topological polar surface area (TPSA) is 31.4 Å². The first kappa shape index (κ1) is 18.8. The maximum absolute atomic E-state index is 6.00. The number of nitrogens with zero attached hydrogens (tertiary/aromatic N) is 3. The molecule has 30 heavy (non-hydrogen) atoms. The van der Waals surface area contributed by atoms with E-state index in [-0.39, 0.29) is 0 Å². The molecule has 2 aromatic rings. The Kier molecular flexibility index (Phi) is 4.76. The summed E-state index contributed by atoms with van der Waals surface area (Å²) in [6, 6.07) is 11.6. The monoisotopic (exact) mass is 418 g/mol. The molecule has 3 fully saturated rings. The van der Waals surface area contributed by atoms with Gasteiger partial charge in [0.2, 0.25) is 0 Å². The Balaban J connectivity index is 1.28. The molecule has 2 unspecified atom stereocenters. The number of hydrogen-bond acceptors (Lipinski definition) is 3. The molecule has 4 nitrogen and oxygen atoms in total. The van der Waals surface area contributed by atoms with Crippen molar-refractivity contribution in [3.8, 4) is 0 Å². The zero-order chi connectivity index (χ0) is 20.1. The summed E-state index contributed by atoms with van der Waals surface area (Å²) in [6.45, 7) is 3.60. The zero-order valence-electron chi connectivity index (χ0n) is 17.5. The molecule has 4 atom stereocenters. The van der Waals surface area contributed by atoms with E-state index in [1.807, 2.05) is 12.3 Å². The highest BCUT2D eigenvalue weighted by Crippen LogP contribution is 2.45. The maximum Gasteiger partial charge on any atom is 0.173 e. The fourth-order valence-corrected chi connectivity index (χ4v) is 6.92. The van der Waals surface area contributed by atoms with E-state index in [4.69, 9.17) is 12.2 Å². The highest BCUT2D eigenvalue weighted by Gasteiger charge is 2.46. The number of thiocarbonyl (C=S) groups is 1. The van der Waals surface area contributed by atoms with E-state index in [0.29, 0.717) is 12.0 Å². The molecule has 4 aliphatic rings. The predicted molar refractivity (Wildman–Crippen MR) is 127 cm³/mol. The third kappa shape index (κ3) is 3.14. The molecular formula is C25H30N4S. The van der Waals surface area contributed by atoms with Crippen LogP contribution in [0.25, 0.3) is 10.9 Å². The summed E-state index contributed by atoms with van der Waals surface area (Å²) in [5, 5.41) is 5.60. The van der Waals surface area contributed by atoms with Crippen molar-refractivity contribution in [3.63, 3.8) is 0 Å². The van der Waals surface area contributed by atoms with Crippen molar-refractivity contribution in [2.24, 2.45) is 11.8 Å². The summed E-state index contributed by atoms with van der Waals surface area (Å²) in [5.74, 6) is 1.47. The number of pyridine rings is 1. The Morgan fingerprint density at radius 1 is 1.10 bits per heavy atom. The lowest BCUT2D eigenvalue weighted by molar-refractivity contribution is 0.0132. The van der Waals surface area contributed by atoms with Crippen molar-refractivity contribution in [2.45, 2.75) is 50.6 Å². The van der Waals surface area contributed by atoms with Gasteiger partial charge in [-0.15, -0.1) is 0 Å². The average molecular weight is 419 g/mol. The Labute approximate surface area is 184 Å². The lowest BCUT2D eigenvalue weighted by Gasteiger charge is -2.55. The molecule has 1 aliphatic carbocycles. The van der Waals surface area contributed by atoms with Gasteiger partial charge in [-0.3, -0.25) is 9.88 Å². The highest BCUT2D eigenvalue weighted by molar-refractivity contribution is 7.80. The van der Waals surface area contributed by atoms with Crippen LogP contribution in [0.3, 0.4) is 0 Å². The Morgan fingerprint density at radius 3 is 3.03 bits per heavy atom. The number of rotatable bonds is 1. The van der Waals surface area contributed by atoms with Crippen LogP contribution in [0, 0.1) is 11.8 Å². The number of hydrogen-bond donors (Lipinski definition) is 1. The summed E-state index contributed by atoms with van der Waals surface area (Å²) in [6.07, 6.45) is 12.5. The highest BCUT2D eigenvalue weighted by atomic mass is 32.1. The Hall–Kier alpha value is -1.98. The summed E-state index contributed by atoms with van der Waals surface area (Å²) in [7, 11) is 0. The van der Waals surface area contributed by atoms with Gasteiger partial charge in [0.05, 0.1) is 11.6 Å². The minimum atomic E-state index is 0.478. The van der Waals surface area contributed by atoms with Crippen LogP contribution in [0.2, 0.25) is 0 Å². The maximum atomic E-state index is 6.00. The summed E-state index contributed by atoms with van der Waals surface area (Å²) in [4.78, 5) is 9.80. The van der Waals surface area contributed by atoms with Crippen molar-refractivity contribution >= 4 is 33.9 Å². The number of anilines is 1. The van der Waals surface area contributed by atoms with Gasteiger partial charge in [-0.05, 0) is 87.0 Å². The number of aromatic nitrogens is 1. The van der Waals surface area contributed by atoms with E-state index in [1.165, 1.54) is 51.6 Å². The van der Waals surface area contributed by atoms with Gasteiger partial charge in [0, 0.05) is 36.4 Å². The average Bonchev–Trinajstić information content (AvgIpc) is 2.79. The van der Waals surface area contributed by atoms with E-state index < -0.39 is 0 Å². The first-order valence-corrected chi connectivity index (χ1v) is 12.0. The summed E-state index contributed by atoms with van der Waals surface area (Å²) < 4.78 is 0. The van der Waals surface area contributed by atoms with Crippen LogP contribution in [0.4, 0.5) is 5.69 Å². The van der Waals surface area contributed by atoms with E-state index in [0.717, 1.165) is 40.2 Å². The third-order valence-electron chi connectivity index (χ3n) is 7.81. The first-order chi connectivity index (χ1) is 14.8. The molecule has 2 bridgehead atoms. The number of piperidine rings is 3. The number of benzene rings is 1. The fraction of sp³-hybridized carbons (Fsp3) is 0.520. The molecule has 1 N–H and O–H groups in total. The van der Waals surface area contributed by atoms with Crippen LogP contribution in [0.5, 0.6) is 0 Å². The molecular weight excluding hydrogens is 388 g/mol. The second-order valence-electron chi connectivity index (χ2n) is 9.51. The van der Waals surface area contributed by atoms with Crippen molar-refractivity contribution < 1.29 is 0 Å². The number of likely N-dealkylation sites (tertiary alicyclic amines) is 1. The number of fused-ring (bicyclic) bond motifs is 7. The van der Waals surface area contributed by atoms with Gasteiger partial charge >= 0.3 is 0 Å². The largest absolute Gasteiger partial charge is 0.342 e. The standard InChI is InChI=1S/C25H30N4S/c30-25(27-22-9-3-8-21-20(22)7-4-11-26-21)29-13-5-6-17-14-18-15-19(24(17)29)16-28-12-2-1-10-23(18)28/h3-4,7-9,11,14,18-19,23-24H,1-2,5-6,10,12-13,15-16H2,(H,27,30)/t18?,19?,23-,24-/m1/s1. The van der Waals surface area contributed by atoms with E-state index in [1.54, 1.807) is 5.57 Å². The summed E-state index contributed by atoms with van der Waals surface area (Å²) in [5.41, 5.74) is 3.74. The van der Waals surface area contributed by atoms with Crippen LogP contribution < -0.4 is 5.32 Å². The fourth-order valence-electron chi connectivity index (χ4n) is 6.60. The van der Waals surface area contributed by atoms with Crippen molar-refractivity contribution in [2.75, 3.05) is 25.0 Å². The van der Waals surface area contributed by atoms with E-state index in [2.05, 4.69) is 50.4 Å². The minimum Gasteiger partial charge on any atom is -0.342 e. The number of nitrogens with one attached hydrogen (secondary N) is 1. The molecule has 0 saturated carbocycles. The van der Waals surface area contributed by atoms with Crippen LogP contribution in [0.1, 0.15) is 38.5 Å². The molecule has 0 spiro atoms. The van der Waals surface area contributed by atoms with Gasteiger partial charge in [0.15, 0.2) is 5.11 Å².